The minimum absolute atomic E-state index is 0.0736. The highest BCUT2D eigenvalue weighted by Gasteiger charge is 2.27. The molecule has 0 aromatic heterocycles. The van der Waals surface area contributed by atoms with Crippen LogP contribution < -0.4 is 5.32 Å². The van der Waals surface area contributed by atoms with Gasteiger partial charge in [-0.15, -0.1) is 0 Å². The second-order valence-electron chi connectivity index (χ2n) is 6.52. The summed E-state index contributed by atoms with van der Waals surface area (Å²) in [5, 5.41) is 13.0. The molecule has 0 aliphatic heterocycles. The van der Waals surface area contributed by atoms with Crippen LogP contribution in [0, 0.1) is 11.6 Å². The molecule has 4 nitrogen and oxygen atoms in total. The lowest BCUT2D eigenvalue weighted by molar-refractivity contribution is 0.0494. The number of hydrogen-bond donors (Lipinski definition) is 2. The summed E-state index contributed by atoms with van der Waals surface area (Å²) in [7, 11) is 3.91. The summed E-state index contributed by atoms with van der Waals surface area (Å²) in [6.45, 7) is 1.93. The Kier molecular flexibility index (Phi) is 5.87. The minimum atomic E-state index is -1.65. The smallest absolute Gasteiger partial charge is 0.251 e. The van der Waals surface area contributed by atoms with Crippen molar-refractivity contribution < 1.29 is 18.7 Å². The maximum atomic E-state index is 13.8. The van der Waals surface area contributed by atoms with Crippen LogP contribution in [0.3, 0.4) is 0 Å². The molecule has 0 fully saturated rings. The molecule has 1 atom stereocenters. The molecule has 0 heterocycles. The molecule has 0 spiro atoms. The van der Waals surface area contributed by atoms with E-state index in [-0.39, 0.29) is 18.0 Å². The first-order chi connectivity index (χ1) is 11.7. The Hall–Kier alpha value is -2.31. The Morgan fingerprint density at radius 3 is 2.36 bits per heavy atom. The average Bonchev–Trinajstić information content (AvgIpc) is 2.52. The van der Waals surface area contributed by atoms with E-state index in [1.807, 2.05) is 31.1 Å². The molecule has 2 aromatic carbocycles. The zero-order valence-corrected chi connectivity index (χ0v) is 14.5. The molecule has 1 amide bonds. The number of carbonyl (C=O) groups is 1. The standard InChI is InChI=1S/C19H22F2N2O2/c1-19(25,16-9-8-15(20)10-17(16)21)12-22-18(24)14-6-4-13(5-7-14)11-23(2)3/h4-10,25H,11-12H2,1-3H3,(H,22,24). The van der Waals surface area contributed by atoms with E-state index in [4.69, 9.17) is 0 Å². The number of nitrogens with zero attached hydrogens (tertiary/aromatic N) is 1. The van der Waals surface area contributed by atoms with Crippen LogP contribution in [-0.2, 0) is 12.1 Å². The molecule has 25 heavy (non-hydrogen) atoms. The van der Waals surface area contributed by atoms with Gasteiger partial charge in [-0.1, -0.05) is 18.2 Å². The Bertz CT molecular complexity index is 744. The van der Waals surface area contributed by atoms with E-state index < -0.39 is 17.2 Å². The van der Waals surface area contributed by atoms with Crippen LogP contribution in [0.2, 0.25) is 0 Å². The second-order valence-corrected chi connectivity index (χ2v) is 6.52. The van der Waals surface area contributed by atoms with Crippen molar-refractivity contribution >= 4 is 5.91 Å². The molecule has 0 radical (unpaired) electrons. The van der Waals surface area contributed by atoms with Gasteiger partial charge in [0.2, 0.25) is 0 Å². The van der Waals surface area contributed by atoms with Crippen LogP contribution in [0.5, 0.6) is 0 Å². The van der Waals surface area contributed by atoms with Gasteiger partial charge in [0.25, 0.3) is 5.91 Å². The van der Waals surface area contributed by atoms with Gasteiger partial charge in [-0.3, -0.25) is 4.79 Å². The van der Waals surface area contributed by atoms with E-state index in [0.29, 0.717) is 11.6 Å². The summed E-state index contributed by atoms with van der Waals surface area (Å²) in [5.41, 5.74) is -0.214. The van der Waals surface area contributed by atoms with Crippen molar-refractivity contribution in [1.82, 2.24) is 10.2 Å². The molecule has 6 heteroatoms. The number of rotatable bonds is 6. The van der Waals surface area contributed by atoms with Crippen molar-refractivity contribution in [1.29, 1.82) is 0 Å². The predicted octanol–water partition coefficient (Wildman–Crippen LogP) is 2.66. The number of amides is 1. The average molecular weight is 348 g/mol. The molecule has 134 valence electrons. The molecule has 2 N–H and O–H groups in total. The maximum absolute atomic E-state index is 13.8. The Balaban J connectivity index is 2.03. The zero-order chi connectivity index (χ0) is 18.6. The van der Waals surface area contributed by atoms with Crippen LogP contribution >= 0.6 is 0 Å². The maximum Gasteiger partial charge on any atom is 0.251 e. The summed E-state index contributed by atoms with van der Waals surface area (Å²) in [6, 6.07) is 10.0. The van der Waals surface area contributed by atoms with Gasteiger partial charge in [-0.25, -0.2) is 8.78 Å². The first kappa shape index (κ1) is 19.0. The van der Waals surface area contributed by atoms with E-state index >= 15 is 0 Å². The number of nitrogens with one attached hydrogen (secondary N) is 1. The fourth-order valence-corrected chi connectivity index (χ4v) is 2.50. The van der Waals surface area contributed by atoms with Crippen molar-refractivity contribution in [2.45, 2.75) is 19.1 Å². The van der Waals surface area contributed by atoms with Crippen LogP contribution in [0.25, 0.3) is 0 Å². The van der Waals surface area contributed by atoms with E-state index in [9.17, 15) is 18.7 Å². The van der Waals surface area contributed by atoms with Crippen LogP contribution in [0.15, 0.2) is 42.5 Å². The number of carbonyl (C=O) groups excluding carboxylic acids is 1. The highest BCUT2D eigenvalue weighted by atomic mass is 19.1. The first-order valence-corrected chi connectivity index (χ1v) is 7.89. The normalized spacial score (nSPS) is 13.6. The van der Waals surface area contributed by atoms with E-state index in [2.05, 4.69) is 5.32 Å². The van der Waals surface area contributed by atoms with Crippen LogP contribution in [0.4, 0.5) is 8.78 Å². The number of aliphatic hydroxyl groups is 1. The lowest BCUT2D eigenvalue weighted by Crippen LogP contribution is -2.39. The fourth-order valence-electron chi connectivity index (χ4n) is 2.50. The summed E-state index contributed by atoms with van der Waals surface area (Å²) in [4.78, 5) is 14.2. The van der Waals surface area contributed by atoms with Gasteiger partial charge in [0.1, 0.15) is 17.2 Å². The highest BCUT2D eigenvalue weighted by molar-refractivity contribution is 5.94. The van der Waals surface area contributed by atoms with Crippen molar-refractivity contribution in [2.24, 2.45) is 0 Å². The first-order valence-electron chi connectivity index (χ1n) is 7.89. The van der Waals surface area contributed by atoms with E-state index in [0.717, 1.165) is 18.2 Å². The van der Waals surface area contributed by atoms with Gasteiger partial charge in [-0.05, 0) is 44.8 Å². The van der Waals surface area contributed by atoms with Gasteiger partial charge in [0.15, 0.2) is 0 Å². The molecular weight excluding hydrogens is 326 g/mol. The molecule has 0 aliphatic carbocycles. The quantitative estimate of drug-likeness (QED) is 0.844. The number of hydrogen-bond acceptors (Lipinski definition) is 3. The van der Waals surface area contributed by atoms with E-state index in [1.54, 1.807) is 12.1 Å². The molecule has 0 saturated carbocycles. The summed E-state index contributed by atoms with van der Waals surface area (Å²) >= 11 is 0. The Morgan fingerprint density at radius 2 is 1.80 bits per heavy atom. The third-order valence-electron chi connectivity index (χ3n) is 3.82. The van der Waals surface area contributed by atoms with Gasteiger partial charge in [0, 0.05) is 23.7 Å². The molecule has 1 unspecified atom stereocenters. The molecule has 0 bridgehead atoms. The van der Waals surface area contributed by atoms with Gasteiger partial charge >= 0.3 is 0 Å². The Morgan fingerprint density at radius 1 is 1.16 bits per heavy atom. The van der Waals surface area contributed by atoms with Gasteiger partial charge < -0.3 is 15.3 Å². The lowest BCUT2D eigenvalue weighted by atomic mass is 9.95. The topological polar surface area (TPSA) is 52.6 Å². The molecule has 0 saturated heterocycles. The number of halogens is 2. The van der Waals surface area contributed by atoms with Crippen molar-refractivity contribution in [3.8, 4) is 0 Å². The van der Waals surface area contributed by atoms with E-state index in [1.165, 1.54) is 13.0 Å². The summed E-state index contributed by atoms with van der Waals surface area (Å²) in [5.74, 6) is -1.95. The third-order valence-corrected chi connectivity index (χ3v) is 3.82. The summed E-state index contributed by atoms with van der Waals surface area (Å²) < 4.78 is 26.8. The zero-order valence-electron chi connectivity index (χ0n) is 14.5. The Labute approximate surface area is 146 Å². The number of benzene rings is 2. The third kappa shape index (κ3) is 5.08. The highest BCUT2D eigenvalue weighted by Crippen LogP contribution is 2.23. The SMILES string of the molecule is CN(C)Cc1ccc(C(=O)NCC(C)(O)c2ccc(F)cc2F)cc1. The van der Waals surface area contributed by atoms with Gasteiger partial charge in [0.05, 0.1) is 6.54 Å². The molecule has 2 rings (SSSR count). The van der Waals surface area contributed by atoms with Gasteiger partial charge in [-0.2, -0.15) is 0 Å². The minimum Gasteiger partial charge on any atom is -0.383 e. The van der Waals surface area contributed by atoms with Crippen LogP contribution in [-0.4, -0.2) is 36.6 Å². The van der Waals surface area contributed by atoms with Crippen molar-refractivity contribution in [3.05, 3.63) is 70.8 Å². The summed E-state index contributed by atoms with van der Waals surface area (Å²) in [6.07, 6.45) is 0. The molecular formula is C19H22F2N2O2. The van der Waals surface area contributed by atoms with Crippen LogP contribution in [0.1, 0.15) is 28.4 Å². The molecule has 2 aromatic rings. The predicted molar refractivity (Wildman–Crippen MR) is 92.1 cm³/mol. The largest absolute Gasteiger partial charge is 0.383 e. The van der Waals surface area contributed by atoms with Crippen molar-refractivity contribution in [2.75, 3.05) is 20.6 Å². The molecule has 0 aliphatic rings. The fraction of sp³-hybridized carbons (Fsp3) is 0.316. The monoisotopic (exact) mass is 348 g/mol. The lowest BCUT2D eigenvalue weighted by Gasteiger charge is -2.24. The second kappa shape index (κ2) is 7.72. The van der Waals surface area contributed by atoms with Crippen molar-refractivity contribution in [3.63, 3.8) is 0 Å².